The third-order valence-corrected chi connectivity index (χ3v) is 2.57. The van der Waals surface area contributed by atoms with E-state index in [0.717, 1.165) is 6.07 Å². The molecule has 0 spiro atoms. The third-order valence-electron chi connectivity index (χ3n) is 2.11. The number of nitrogens with zero attached hydrogens (tertiary/aromatic N) is 2. The number of ether oxygens (including phenoxy) is 1. The quantitative estimate of drug-likeness (QED) is 0.690. The summed E-state index contributed by atoms with van der Waals surface area (Å²) < 4.78 is 18.8. The number of anilines is 1. The minimum atomic E-state index is -0.657. The van der Waals surface area contributed by atoms with E-state index in [9.17, 15) is 14.5 Å². The van der Waals surface area contributed by atoms with Crippen molar-refractivity contribution in [2.75, 3.05) is 5.73 Å². The van der Waals surface area contributed by atoms with Crippen LogP contribution in [0.4, 0.5) is 15.9 Å². The van der Waals surface area contributed by atoms with E-state index >= 15 is 0 Å². The molecule has 0 radical (unpaired) electrons. The van der Waals surface area contributed by atoms with Gasteiger partial charge in [-0.3, -0.25) is 10.1 Å². The number of halogens is 2. The molecular formula is C11H7BrFN3O3. The Kier molecular flexibility index (Phi) is 3.61. The van der Waals surface area contributed by atoms with E-state index < -0.39 is 10.7 Å². The van der Waals surface area contributed by atoms with E-state index in [4.69, 9.17) is 10.5 Å². The van der Waals surface area contributed by atoms with Gasteiger partial charge in [0.25, 0.3) is 0 Å². The van der Waals surface area contributed by atoms with Crippen LogP contribution in [0.2, 0.25) is 0 Å². The van der Waals surface area contributed by atoms with Gasteiger partial charge in [0.05, 0.1) is 4.92 Å². The number of aromatic nitrogens is 1. The van der Waals surface area contributed by atoms with E-state index in [2.05, 4.69) is 20.9 Å². The highest BCUT2D eigenvalue weighted by Crippen LogP contribution is 2.31. The van der Waals surface area contributed by atoms with Gasteiger partial charge in [-0.05, 0) is 18.2 Å². The zero-order valence-corrected chi connectivity index (χ0v) is 10.9. The fourth-order valence-electron chi connectivity index (χ4n) is 1.36. The highest BCUT2D eigenvalue weighted by molar-refractivity contribution is 9.10. The molecule has 2 aromatic rings. The molecule has 2 rings (SSSR count). The lowest BCUT2D eigenvalue weighted by Gasteiger charge is -2.06. The summed E-state index contributed by atoms with van der Waals surface area (Å²) in [4.78, 5) is 13.9. The molecule has 0 saturated carbocycles. The average molecular weight is 328 g/mol. The summed E-state index contributed by atoms with van der Waals surface area (Å²) in [5.41, 5.74) is 5.09. The molecule has 19 heavy (non-hydrogen) atoms. The van der Waals surface area contributed by atoms with Crippen LogP contribution in [-0.4, -0.2) is 9.91 Å². The molecular weight excluding hydrogens is 321 g/mol. The molecule has 0 aliphatic rings. The summed E-state index contributed by atoms with van der Waals surface area (Å²) in [5, 5.41) is 10.8. The second-order valence-corrected chi connectivity index (χ2v) is 4.44. The fraction of sp³-hybridized carbons (Fsp3) is 0. The first-order valence-corrected chi connectivity index (χ1v) is 5.80. The zero-order chi connectivity index (χ0) is 14.0. The Morgan fingerprint density at radius 1 is 1.37 bits per heavy atom. The second-order valence-electron chi connectivity index (χ2n) is 3.52. The first-order valence-electron chi connectivity index (χ1n) is 5.00. The molecule has 6 nitrogen and oxygen atoms in total. The van der Waals surface area contributed by atoms with E-state index in [-0.39, 0.29) is 23.1 Å². The van der Waals surface area contributed by atoms with Gasteiger partial charge in [0, 0.05) is 16.6 Å². The van der Waals surface area contributed by atoms with E-state index in [1.807, 2.05) is 0 Å². The number of hydrogen-bond donors (Lipinski definition) is 1. The summed E-state index contributed by atoms with van der Waals surface area (Å²) in [7, 11) is 0. The maximum Gasteiger partial charge on any atom is 0.331 e. The number of nitro groups is 1. The molecule has 0 aliphatic carbocycles. The van der Waals surface area contributed by atoms with Crippen molar-refractivity contribution < 1.29 is 14.1 Å². The molecule has 1 aromatic heterocycles. The van der Waals surface area contributed by atoms with Gasteiger partial charge in [-0.2, -0.15) is 4.98 Å². The largest absolute Gasteiger partial charge is 0.433 e. The first kappa shape index (κ1) is 13.2. The number of nitrogen functional groups attached to an aromatic ring is 1. The van der Waals surface area contributed by atoms with Crippen LogP contribution in [0.5, 0.6) is 11.6 Å². The predicted molar refractivity (Wildman–Crippen MR) is 69.5 cm³/mol. The minimum absolute atomic E-state index is 0.0658. The Morgan fingerprint density at radius 2 is 2.11 bits per heavy atom. The van der Waals surface area contributed by atoms with Gasteiger partial charge in [0.2, 0.25) is 0 Å². The van der Waals surface area contributed by atoms with Crippen LogP contribution in [-0.2, 0) is 0 Å². The number of benzene rings is 1. The van der Waals surface area contributed by atoms with Crippen molar-refractivity contribution in [3.63, 3.8) is 0 Å². The molecule has 0 fully saturated rings. The third kappa shape index (κ3) is 3.16. The van der Waals surface area contributed by atoms with Crippen LogP contribution in [0.25, 0.3) is 0 Å². The summed E-state index contributed by atoms with van der Waals surface area (Å²) >= 11 is 3.09. The lowest BCUT2D eigenvalue weighted by atomic mass is 10.3. The fourth-order valence-corrected chi connectivity index (χ4v) is 1.80. The summed E-state index contributed by atoms with van der Waals surface area (Å²) in [6, 6.07) is 6.23. The highest BCUT2D eigenvalue weighted by atomic mass is 79.9. The maximum atomic E-state index is 13.2. The first-order chi connectivity index (χ1) is 8.95. The molecule has 0 saturated heterocycles. The molecule has 1 aromatic carbocycles. The lowest BCUT2D eigenvalue weighted by Crippen LogP contribution is -1.99. The normalized spacial score (nSPS) is 10.2. The van der Waals surface area contributed by atoms with Gasteiger partial charge in [-0.15, -0.1) is 0 Å². The Bertz CT molecular complexity index is 631. The van der Waals surface area contributed by atoms with Crippen LogP contribution >= 0.6 is 15.9 Å². The van der Waals surface area contributed by atoms with Crippen molar-refractivity contribution in [1.29, 1.82) is 0 Å². The van der Waals surface area contributed by atoms with Gasteiger partial charge in [-0.1, -0.05) is 15.9 Å². The Balaban J connectivity index is 2.42. The van der Waals surface area contributed by atoms with Crippen LogP contribution in [0, 0.1) is 15.9 Å². The molecule has 0 amide bonds. The molecule has 0 bridgehead atoms. The predicted octanol–water partition coefficient (Wildman–Crippen LogP) is 3.27. The molecule has 0 unspecified atom stereocenters. The van der Waals surface area contributed by atoms with Crippen molar-refractivity contribution in [3.05, 3.63) is 50.7 Å². The van der Waals surface area contributed by atoms with Crippen molar-refractivity contribution in [2.24, 2.45) is 0 Å². The molecule has 2 N–H and O–H groups in total. The topological polar surface area (TPSA) is 91.3 Å². The van der Waals surface area contributed by atoms with Gasteiger partial charge < -0.3 is 10.5 Å². The second kappa shape index (κ2) is 5.19. The Labute approximate surface area is 115 Å². The van der Waals surface area contributed by atoms with Crippen LogP contribution < -0.4 is 10.5 Å². The molecule has 0 atom stereocenters. The summed E-state index contributed by atoms with van der Waals surface area (Å²) in [6.45, 7) is 0. The van der Waals surface area contributed by atoms with E-state index in [1.54, 1.807) is 0 Å². The number of hydrogen-bond acceptors (Lipinski definition) is 5. The van der Waals surface area contributed by atoms with Gasteiger partial charge in [0.15, 0.2) is 0 Å². The van der Waals surface area contributed by atoms with E-state index in [1.165, 1.54) is 24.3 Å². The highest BCUT2D eigenvalue weighted by Gasteiger charge is 2.18. The summed E-state index contributed by atoms with van der Waals surface area (Å²) in [5.74, 6) is -0.692. The van der Waals surface area contributed by atoms with Crippen molar-refractivity contribution in [3.8, 4) is 11.6 Å². The van der Waals surface area contributed by atoms with Crippen molar-refractivity contribution in [1.82, 2.24) is 4.98 Å². The van der Waals surface area contributed by atoms with Crippen LogP contribution in [0.1, 0.15) is 0 Å². The van der Waals surface area contributed by atoms with Gasteiger partial charge in [-0.25, -0.2) is 4.39 Å². The van der Waals surface area contributed by atoms with Gasteiger partial charge in [0.1, 0.15) is 17.4 Å². The number of nitrogens with two attached hydrogens (primary N) is 1. The number of pyridine rings is 1. The summed E-state index contributed by atoms with van der Waals surface area (Å²) in [6.07, 6.45) is 0. The van der Waals surface area contributed by atoms with Crippen LogP contribution in [0.3, 0.4) is 0 Å². The van der Waals surface area contributed by atoms with Crippen LogP contribution in [0.15, 0.2) is 34.8 Å². The van der Waals surface area contributed by atoms with Crippen molar-refractivity contribution in [2.45, 2.75) is 0 Å². The number of rotatable bonds is 3. The molecule has 1 heterocycles. The smallest absolute Gasteiger partial charge is 0.331 e. The molecule has 98 valence electrons. The maximum absolute atomic E-state index is 13.2. The monoisotopic (exact) mass is 327 g/mol. The van der Waals surface area contributed by atoms with E-state index in [0.29, 0.717) is 4.47 Å². The SMILES string of the molecule is Nc1ccc([N+](=O)[O-])c(Oc2cc(F)cc(Br)c2)n1. The van der Waals surface area contributed by atoms with Gasteiger partial charge >= 0.3 is 11.6 Å². The van der Waals surface area contributed by atoms with Crippen molar-refractivity contribution >= 4 is 27.4 Å². The molecule has 8 heteroatoms. The molecule has 0 aliphatic heterocycles. The Morgan fingerprint density at radius 3 is 2.74 bits per heavy atom. The zero-order valence-electron chi connectivity index (χ0n) is 9.34. The lowest BCUT2D eigenvalue weighted by molar-refractivity contribution is -0.386. The minimum Gasteiger partial charge on any atom is -0.433 e. The standard InChI is InChI=1S/C11H7BrFN3O3/c12-6-3-7(13)5-8(4-6)19-11-9(16(17)18)1-2-10(14)15-11/h1-5H,(H2,14,15). The Hall–Kier alpha value is -2.22. The average Bonchev–Trinajstić information content (AvgIpc) is 2.26.